The van der Waals surface area contributed by atoms with Gasteiger partial charge in [-0.3, -0.25) is 4.79 Å². The number of carbonyl (C=O) groups excluding carboxylic acids is 1. The summed E-state index contributed by atoms with van der Waals surface area (Å²) in [6, 6.07) is 0. The minimum absolute atomic E-state index is 0. The van der Waals surface area contributed by atoms with Crippen molar-refractivity contribution in [3.05, 3.63) is 0 Å². The van der Waals surface area contributed by atoms with Crippen LogP contribution in [0.25, 0.3) is 0 Å². The topological polar surface area (TPSA) is 58.4 Å². The highest BCUT2D eigenvalue weighted by molar-refractivity contribution is 5.85. The van der Waals surface area contributed by atoms with Crippen LogP contribution in [-0.4, -0.2) is 43.0 Å². The first-order valence-electron chi connectivity index (χ1n) is 5.50. The maximum Gasteiger partial charge on any atom is 0.227 e. The molecule has 0 aliphatic carbocycles. The van der Waals surface area contributed by atoms with Gasteiger partial charge in [-0.05, 0) is 33.7 Å². The molecule has 96 valence electrons. The molecular weight excluding hydrogens is 226 g/mol. The predicted octanol–water partition coefficient (Wildman–Crippen LogP) is 0.603. The fourth-order valence-corrected chi connectivity index (χ4v) is 2.25. The molecule has 1 aliphatic rings. The fourth-order valence-electron chi connectivity index (χ4n) is 2.25. The van der Waals surface area contributed by atoms with E-state index in [1.54, 1.807) is 7.05 Å². The van der Waals surface area contributed by atoms with Crippen LogP contribution in [0.1, 0.15) is 27.2 Å². The van der Waals surface area contributed by atoms with E-state index in [0.717, 1.165) is 26.1 Å². The molecule has 0 radical (unpaired) electrons. The molecule has 0 spiro atoms. The number of amides is 1. The summed E-state index contributed by atoms with van der Waals surface area (Å²) in [5.74, 6) is 0.139. The van der Waals surface area contributed by atoms with E-state index in [0.29, 0.717) is 0 Å². The molecule has 1 rings (SSSR count). The SMILES string of the molecule is CNC(=O)C1(C)CCN(CC(C)(C)N)C1.Cl. The first-order valence-corrected chi connectivity index (χ1v) is 5.50. The van der Waals surface area contributed by atoms with Gasteiger partial charge in [-0.1, -0.05) is 0 Å². The Kier molecular flexibility index (Phi) is 5.23. The average Bonchev–Trinajstić information content (AvgIpc) is 2.44. The normalized spacial score (nSPS) is 26.3. The van der Waals surface area contributed by atoms with Crippen LogP contribution >= 0.6 is 12.4 Å². The quantitative estimate of drug-likeness (QED) is 0.770. The molecule has 1 fully saturated rings. The second-order valence-electron chi connectivity index (χ2n) is 5.59. The molecule has 1 unspecified atom stereocenters. The van der Waals surface area contributed by atoms with Crippen LogP contribution < -0.4 is 11.1 Å². The average molecular weight is 250 g/mol. The van der Waals surface area contributed by atoms with Crippen molar-refractivity contribution >= 4 is 18.3 Å². The molecule has 5 heteroatoms. The molecule has 16 heavy (non-hydrogen) atoms. The molecule has 1 heterocycles. The summed E-state index contributed by atoms with van der Waals surface area (Å²) in [7, 11) is 1.70. The van der Waals surface area contributed by atoms with Crippen LogP contribution in [0.4, 0.5) is 0 Å². The zero-order chi connectivity index (χ0) is 11.7. The molecule has 0 aromatic carbocycles. The summed E-state index contributed by atoms with van der Waals surface area (Å²) < 4.78 is 0. The molecule has 0 aromatic heterocycles. The minimum Gasteiger partial charge on any atom is -0.359 e. The number of hydrogen-bond donors (Lipinski definition) is 2. The van der Waals surface area contributed by atoms with Gasteiger partial charge in [0, 0.05) is 25.7 Å². The van der Waals surface area contributed by atoms with Gasteiger partial charge in [0.25, 0.3) is 0 Å². The first kappa shape index (κ1) is 15.7. The van der Waals surface area contributed by atoms with Gasteiger partial charge in [0.1, 0.15) is 0 Å². The van der Waals surface area contributed by atoms with Crippen LogP contribution in [0.5, 0.6) is 0 Å². The van der Waals surface area contributed by atoms with Crippen LogP contribution in [0, 0.1) is 5.41 Å². The summed E-state index contributed by atoms with van der Waals surface area (Å²) in [5, 5.41) is 2.73. The molecule has 1 aliphatic heterocycles. The molecule has 0 saturated carbocycles. The zero-order valence-electron chi connectivity index (χ0n) is 10.7. The monoisotopic (exact) mass is 249 g/mol. The van der Waals surface area contributed by atoms with Crippen molar-refractivity contribution in [3.8, 4) is 0 Å². The number of nitrogens with one attached hydrogen (secondary N) is 1. The van der Waals surface area contributed by atoms with Gasteiger partial charge in [-0.25, -0.2) is 0 Å². The summed E-state index contributed by atoms with van der Waals surface area (Å²) in [6.07, 6.45) is 0.919. The molecule has 0 bridgehead atoms. The highest BCUT2D eigenvalue weighted by Crippen LogP contribution is 2.30. The number of nitrogens with two attached hydrogens (primary N) is 1. The molecule has 1 saturated heterocycles. The Hall–Kier alpha value is -0.320. The Bertz CT molecular complexity index is 252. The Morgan fingerprint density at radius 3 is 2.56 bits per heavy atom. The van der Waals surface area contributed by atoms with E-state index in [2.05, 4.69) is 10.2 Å². The van der Waals surface area contributed by atoms with Gasteiger partial charge in [-0.2, -0.15) is 0 Å². The van der Waals surface area contributed by atoms with Crippen LogP contribution in [-0.2, 0) is 4.79 Å². The van der Waals surface area contributed by atoms with Crippen molar-refractivity contribution in [2.24, 2.45) is 11.1 Å². The van der Waals surface area contributed by atoms with Gasteiger partial charge in [0.15, 0.2) is 0 Å². The lowest BCUT2D eigenvalue weighted by molar-refractivity contribution is -0.129. The van der Waals surface area contributed by atoms with Gasteiger partial charge in [0.05, 0.1) is 5.41 Å². The highest BCUT2D eigenvalue weighted by atomic mass is 35.5. The van der Waals surface area contributed by atoms with E-state index in [1.165, 1.54) is 0 Å². The first-order chi connectivity index (χ1) is 6.77. The van der Waals surface area contributed by atoms with Gasteiger partial charge >= 0.3 is 0 Å². The van der Waals surface area contributed by atoms with Crippen LogP contribution in [0.2, 0.25) is 0 Å². The van der Waals surface area contributed by atoms with Gasteiger partial charge in [0.2, 0.25) is 5.91 Å². The Balaban J connectivity index is 0.00000225. The molecule has 4 nitrogen and oxygen atoms in total. The van der Waals surface area contributed by atoms with Crippen LogP contribution in [0.3, 0.4) is 0 Å². The fraction of sp³-hybridized carbons (Fsp3) is 0.909. The minimum atomic E-state index is -0.236. The lowest BCUT2D eigenvalue weighted by Crippen LogP contribution is -2.46. The van der Waals surface area contributed by atoms with Crippen molar-refractivity contribution < 1.29 is 4.79 Å². The molecule has 1 amide bonds. The van der Waals surface area contributed by atoms with Gasteiger partial charge in [-0.15, -0.1) is 12.4 Å². The van der Waals surface area contributed by atoms with E-state index in [-0.39, 0.29) is 29.3 Å². The van der Waals surface area contributed by atoms with Gasteiger partial charge < -0.3 is 16.0 Å². The van der Waals surface area contributed by atoms with E-state index < -0.39 is 0 Å². The lowest BCUT2D eigenvalue weighted by Gasteiger charge is -2.28. The van der Waals surface area contributed by atoms with E-state index in [1.807, 2.05) is 20.8 Å². The lowest BCUT2D eigenvalue weighted by atomic mass is 9.89. The summed E-state index contributed by atoms with van der Waals surface area (Å²) in [4.78, 5) is 14.0. The van der Waals surface area contributed by atoms with Crippen molar-refractivity contribution in [1.29, 1.82) is 0 Å². The number of rotatable bonds is 3. The van der Waals surface area contributed by atoms with Crippen molar-refractivity contribution in [3.63, 3.8) is 0 Å². The van der Waals surface area contributed by atoms with Crippen molar-refractivity contribution in [2.75, 3.05) is 26.7 Å². The smallest absolute Gasteiger partial charge is 0.227 e. The Labute approximate surface area is 104 Å². The molecule has 0 aromatic rings. The Morgan fingerprint density at radius 1 is 1.56 bits per heavy atom. The number of carbonyl (C=O) groups is 1. The maximum absolute atomic E-state index is 11.7. The molecule has 1 atom stereocenters. The number of likely N-dealkylation sites (tertiary alicyclic amines) is 1. The highest BCUT2D eigenvalue weighted by Gasteiger charge is 2.40. The Morgan fingerprint density at radius 2 is 2.12 bits per heavy atom. The summed E-state index contributed by atoms with van der Waals surface area (Å²) in [6.45, 7) is 8.68. The predicted molar refractivity (Wildman–Crippen MR) is 68.7 cm³/mol. The van der Waals surface area contributed by atoms with E-state index in [4.69, 9.17) is 5.73 Å². The van der Waals surface area contributed by atoms with Crippen LogP contribution in [0.15, 0.2) is 0 Å². The summed E-state index contributed by atoms with van der Waals surface area (Å²) >= 11 is 0. The van der Waals surface area contributed by atoms with Crippen molar-refractivity contribution in [1.82, 2.24) is 10.2 Å². The number of halogens is 1. The second-order valence-corrected chi connectivity index (χ2v) is 5.59. The third-order valence-electron chi connectivity index (χ3n) is 2.96. The number of hydrogen-bond acceptors (Lipinski definition) is 3. The van der Waals surface area contributed by atoms with E-state index in [9.17, 15) is 4.79 Å². The zero-order valence-corrected chi connectivity index (χ0v) is 11.5. The van der Waals surface area contributed by atoms with Crippen molar-refractivity contribution in [2.45, 2.75) is 32.7 Å². The second kappa shape index (κ2) is 5.34. The largest absolute Gasteiger partial charge is 0.359 e. The molecular formula is C11H24ClN3O. The third kappa shape index (κ3) is 3.92. The molecule has 3 N–H and O–H groups in total. The number of nitrogens with zero attached hydrogens (tertiary/aromatic N) is 1. The van der Waals surface area contributed by atoms with E-state index >= 15 is 0 Å². The summed E-state index contributed by atoms with van der Waals surface area (Å²) in [5.41, 5.74) is 5.55. The maximum atomic E-state index is 11.7. The third-order valence-corrected chi connectivity index (χ3v) is 2.96. The standard InChI is InChI=1S/C11H23N3O.ClH/c1-10(2,12)7-14-6-5-11(3,8-14)9(15)13-4;/h5-8,12H2,1-4H3,(H,13,15);1H.